The minimum atomic E-state index is -1.08. The number of thiazole rings is 1. The van der Waals surface area contributed by atoms with Gasteiger partial charge in [0.1, 0.15) is 11.9 Å². The highest BCUT2D eigenvalue weighted by Crippen LogP contribution is 2.27. The summed E-state index contributed by atoms with van der Waals surface area (Å²) in [6, 6.07) is 16.9. The van der Waals surface area contributed by atoms with Crippen LogP contribution in [0.3, 0.4) is 0 Å². The van der Waals surface area contributed by atoms with Crippen LogP contribution in [0.4, 0.5) is 16.5 Å². The molecular weight excluding hydrogens is 384 g/mol. The van der Waals surface area contributed by atoms with Gasteiger partial charge in [0.05, 0.1) is 12.2 Å². The highest BCUT2D eigenvalue weighted by atomic mass is 32.1. The fourth-order valence-corrected chi connectivity index (χ4v) is 3.34. The summed E-state index contributed by atoms with van der Waals surface area (Å²) in [5.74, 6) is -1.08. The molecule has 0 fully saturated rings. The van der Waals surface area contributed by atoms with Gasteiger partial charge in [-0.2, -0.15) is 0 Å². The third-order valence-corrected chi connectivity index (χ3v) is 4.98. The van der Waals surface area contributed by atoms with Crippen molar-refractivity contribution in [2.75, 3.05) is 11.4 Å². The fraction of sp³-hybridized carbons (Fsp3) is 0.273. The topological polar surface area (TPSA) is 72.0 Å². The largest absolute Gasteiger partial charge is 0.550 e. The molecule has 6 nitrogen and oxygen atoms in total. The molecule has 1 aromatic heterocycles. The zero-order valence-corrected chi connectivity index (χ0v) is 18.0. The van der Waals surface area contributed by atoms with Crippen molar-refractivity contribution in [3.05, 3.63) is 71.2 Å². The number of carboxylic acids is 1. The number of aromatic nitrogens is 1. The molecule has 0 saturated carbocycles. The molecule has 7 heteroatoms. The van der Waals surface area contributed by atoms with Gasteiger partial charge in [-0.3, -0.25) is 0 Å². The van der Waals surface area contributed by atoms with E-state index in [0.29, 0.717) is 0 Å². The van der Waals surface area contributed by atoms with E-state index in [4.69, 9.17) is 9.90 Å². The Kier molecular flexibility index (Phi) is 8.48. The SMILES string of the molecule is CC(=O)[O-].CCN(Cc1ccccc1)c1ccc(/N=N/c2scc[n+]2C)c(C)c1. The van der Waals surface area contributed by atoms with Crippen molar-refractivity contribution in [1.29, 1.82) is 0 Å². The van der Waals surface area contributed by atoms with E-state index in [1.807, 2.05) is 23.2 Å². The molecule has 0 bridgehead atoms. The van der Waals surface area contributed by atoms with Crippen LogP contribution in [0.25, 0.3) is 0 Å². The molecule has 0 atom stereocenters. The number of benzene rings is 2. The van der Waals surface area contributed by atoms with Gasteiger partial charge in [0, 0.05) is 30.1 Å². The Balaban J connectivity index is 0.000000687. The van der Waals surface area contributed by atoms with Crippen LogP contribution >= 0.6 is 11.3 Å². The van der Waals surface area contributed by atoms with Gasteiger partial charge >= 0.3 is 5.13 Å². The molecule has 3 rings (SSSR count). The number of aryl methyl sites for hydroxylation is 2. The molecular formula is C22H26N4O2S. The summed E-state index contributed by atoms with van der Waals surface area (Å²) in [6.45, 7) is 7.11. The van der Waals surface area contributed by atoms with E-state index < -0.39 is 5.97 Å². The maximum absolute atomic E-state index is 8.89. The lowest BCUT2D eigenvalue weighted by Crippen LogP contribution is -2.23. The second-order valence-electron chi connectivity index (χ2n) is 6.46. The molecule has 0 spiro atoms. The van der Waals surface area contributed by atoms with Crippen molar-refractivity contribution in [2.45, 2.75) is 27.3 Å². The van der Waals surface area contributed by atoms with Gasteiger partial charge in [-0.05, 0) is 66.5 Å². The number of nitrogens with zero attached hydrogens (tertiary/aromatic N) is 4. The van der Waals surface area contributed by atoms with Crippen LogP contribution in [0, 0.1) is 6.92 Å². The monoisotopic (exact) mass is 410 g/mol. The zero-order chi connectivity index (χ0) is 21.2. The van der Waals surface area contributed by atoms with E-state index in [2.05, 4.69) is 77.5 Å². The van der Waals surface area contributed by atoms with Gasteiger partial charge in [0.15, 0.2) is 0 Å². The van der Waals surface area contributed by atoms with Crippen LogP contribution in [0.5, 0.6) is 0 Å². The van der Waals surface area contributed by atoms with Crippen LogP contribution in [0.15, 0.2) is 70.3 Å². The Hall–Kier alpha value is -3.06. The van der Waals surface area contributed by atoms with Crippen LogP contribution < -0.4 is 14.6 Å². The normalized spacial score (nSPS) is 10.5. The van der Waals surface area contributed by atoms with E-state index in [1.54, 1.807) is 11.3 Å². The maximum atomic E-state index is 8.89. The molecule has 152 valence electrons. The first-order valence-corrected chi connectivity index (χ1v) is 10.2. The van der Waals surface area contributed by atoms with Crippen molar-refractivity contribution in [3.8, 4) is 0 Å². The first-order valence-electron chi connectivity index (χ1n) is 9.32. The Morgan fingerprint density at radius 3 is 2.41 bits per heavy atom. The summed E-state index contributed by atoms with van der Waals surface area (Å²) >= 11 is 1.58. The molecule has 1 heterocycles. The third-order valence-electron chi connectivity index (χ3n) is 4.15. The van der Waals surface area contributed by atoms with E-state index in [9.17, 15) is 0 Å². The van der Waals surface area contributed by atoms with Crippen LogP contribution in [-0.2, 0) is 18.4 Å². The lowest BCUT2D eigenvalue weighted by Gasteiger charge is -2.23. The molecule has 0 saturated heterocycles. The number of aliphatic carboxylic acids is 1. The number of hydrogen-bond acceptors (Lipinski definition) is 6. The van der Waals surface area contributed by atoms with Crippen LogP contribution in [-0.4, -0.2) is 12.5 Å². The summed E-state index contributed by atoms with van der Waals surface area (Å²) in [5, 5.41) is 20.6. The van der Waals surface area contributed by atoms with Crippen molar-refractivity contribution in [3.63, 3.8) is 0 Å². The molecule has 2 aromatic carbocycles. The minimum Gasteiger partial charge on any atom is -0.550 e. The first kappa shape index (κ1) is 22.2. The third kappa shape index (κ3) is 7.12. The predicted octanol–water partition coefficient (Wildman–Crippen LogP) is 4.08. The number of azo groups is 1. The predicted molar refractivity (Wildman–Crippen MR) is 115 cm³/mol. The Bertz CT molecular complexity index is 950. The summed E-state index contributed by atoms with van der Waals surface area (Å²) in [4.78, 5) is 11.3. The molecule has 0 N–H and O–H groups in total. The second kappa shape index (κ2) is 11.1. The maximum Gasteiger partial charge on any atom is 0.408 e. The minimum absolute atomic E-state index is 0.891. The van der Waals surface area contributed by atoms with Crippen molar-refractivity contribution in [1.82, 2.24) is 0 Å². The van der Waals surface area contributed by atoms with Gasteiger partial charge in [-0.15, -0.1) is 0 Å². The molecule has 0 aliphatic carbocycles. The summed E-state index contributed by atoms with van der Waals surface area (Å²) in [7, 11) is 1.98. The number of anilines is 1. The molecule has 0 unspecified atom stereocenters. The summed E-state index contributed by atoms with van der Waals surface area (Å²) in [5.41, 5.74) is 4.57. The van der Waals surface area contributed by atoms with Crippen molar-refractivity contribution < 1.29 is 14.5 Å². The quantitative estimate of drug-likeness (QED) is 0.454. The van der Waals surface area contributed by atoms with Crippen LogP contribution in [0.2, 0.25) is 0 Å². The summed E-state index contributed by atoms with van der Waals surface area (Å²) in [6.07, 6.45) is 1.98. The lowest BCUT2D eigenvalue weighted by molar-refractivity contribution is -0.654. The standard InChI is InChI=1S/C20H23N4S.C2H4O2/c1-4-24(15-17-8-6-5-7-9-17)18-10-11-19(16(2)14-18)21-22-20-23(3)12-13-25-20;1-2(3)4/h5-14H,4,15H2,1-3H3;1H3,(H,3,4)/q+1;/p-1. The first-order chi connectivity index (χ1) is 13.9. The molecule has 29 heavy (non-hydrogen) atoms. The second-order valence-corrected chi connectivity index (χ2v) is 7.33. The average molecular weight is 411 g/mol. The molecule has 0 amide bonds. The Morgan fingerprint density at radius 2 is 1.86 bits per heavy atom. The molecule has 0 aliphatic heterocycles. The smallest absolute Gasteiger partial charge is 0.408 e. The number of hydrogen-bond donors (Lipinski definition) is 0. The van der Waals surface area contributed by atoms with Crippen molar-refractivity contribution in [2.24, 2.45) is 17.3 Å². The number of carbonyl (C=O) groups is 1. The highest BCUT2D eigenvalue weighted by Gasteiger charge is 2.10. The Morgan fingerprint density at radius 1 is 1.17 bits per heavy atom. The number of rotatable bonds is 6. The van der Waals surface area contributed by atoms with E-state index in [0.717, 1.165) is 36.4 Å². The highest BCUT2D eigenvalue weighted by molar-refractivity contribution is 7.12. The molecule has 0 aliphatic rings. The lowest BCUT2D eigenvalue weighted by atomic mass is 10.1. The van der Waals surface area contributed by atoms with Gasteiger partial charge in [0.2, 0.25) is 0 Å². The zero-order valence-electron chi connectivity index (χ0n) is 17.2. The number of carboxylic acid groups (broad SMARTS) is 1. The van der Waals surface area contributed by atoms with E-state index >= 15 is 0 Å². The van der Waals surface area contributed by atoms with Gasteiger partial charge in [-0.25, -0.2) is 4.57 Å². The Labute approximate surface area is 175 Å². The number of carbonyl (C=O) groups excluding carboxylic acids is 1. The van der Waals surface area contributed by atoms with Gasteiger partial charge in [-0.1, -0.05) is 30.3 Å². The van der Waals surface area contributed by atoms with Crippen molar-refractivity contribution >= 4 is 33.8 Å². The fourth-order valence-electron chi connectivity index (χ4n) is 2.66. The van der Waals surface area contributed by atoms with Crippen LogP contribution in [0.1, 0.15) is 25.0 Å². The molecule has 3 aromatic rings. The average Bonchev–Trinajstić information content (AvgIpc) is 3.10. The van der Waals surface area contributed by atoms with Gasteiger partial charge in [0.25, 0.3) is 0 Å². The van der Waals surface area contributed by atoms with Gasteiger partial charge < -0.3 is 14.8 Å². The van der Waals surface area contributed by atoms with E-state index in [1.165, 1.54) is 11.3 Å². The molecule has 0 radical (unpaired) electrons. The van der Waals surface area contributed by atoms with E-state index in [-0.39, 0.29) is 0 Å². The summed E-state index contributed by atoms with van der Waals surface area (Å²) < 4.78 is 1.97.